The quantitative estimate of drug-likeness (QED) is 0.416. The largest absolute Gasteiger partial charge is 0.496 e. The minimum Gasteiger partial charge on any atom is -0.496 e. The molecular weight excluding hydrogens is 324 g/mol. The van der Waals surface area contributed by atoms with Gasteiger partial charge in [0.25, 0.3) is 0 Å². The number of carbonyl (C=O) groups excluding carboxylic acids is 2. The molecule has 0 aromatic heterocycles. The van der Waals surface area contributed by atoms with Crippen LogP contribution in [0.4, 0.5) is 0 Å². The molecule has 0 saturated carbocycles. The maximum atomic E-state index is 12.2. The maximum Gasteiger partial charge on any atom is 0.347 e. The number of methoxy groups -OCH3 is 1. The van der Waals surface area contributed by atoms with Crippen LogP contribution in [-0.4, -0.2) is 38.9 Å². The molecule has 132 valence electrons. The summed E-state index contributed by atoms with van der Waals surface area (Å²) in [6, 6.07) is 12.9. The summed E-state index contributed by atoms with van der Waals surface area (Å²) in [5.41, 5.74) is 0.693. The second kappa shape index (κ2) is 9.44. The van der Waals surface area contributed by atoms with Gasteiger partial charge in [0.1, 0.15) is 23.7 Å². The van der Waals surface area contributed by atoms with Crippen molar-refractivity contribution in [1.29, 1.82) is 0 Å². The van der Waals surface area contributed by atoms with Crippen LogP contribution in [0.3, 0.4) is 0 Å². The Balaban J connectivity index is 1.95. The molecule has 2 aromatic carbocycles. The average Bonchev–Trinajstić information content (AvgIpc) is 2.65. The van der Waals surface area contributed by atoms with E-state index in [1.165, 1.54) is 31.4 Å². The van der Waals surface area contributed by atoms with Gasteiger partial charge in [-0.15, -0.1) is 0 Å². The third kappa shape index (κ3) is 5.32. The fourth-order valence-electron chi connectivity index (χ4n) is 2.06. The summed E-state index contributed by atoms with van der Waals surface area (Å²) in [5.74, 6) is -0.240. The molecule has 2 rings (SSSR count). The van der Waals surface area contributed by atoms with Crippen molar-refractivity contribution >= 4 is 11.9 Å². The number of carbonyl (C=O) groups is 2. The molecule has 0 amide bonds. The van der Waals surface area contributed by atoms with E-state index in [4.69, 9.17) is 18.9 Å². The molecule has 6 nitrogen and oxygen atoms in total. The van der Waals surface area contributed by atoms with Gasteiger partial charge in [-0.1, -0.05) is 12.1 Å². The lowest BCUT2D eigenvalue weighted by Gasteiger charge is -2.09. The van der Waals surface area contributed by atoms with Crippen molar-refractivity contribution in [2.45, 2.75) is 6.92 Å². The summed E-state index contributed by atoms with van der Waals surface area (Å²) in [4.78, 5) is 24.1. The highest BCUT2D eigenvalue weighted by molar-refractivity contribution is 5.94. The Hall–Kier alpha value is -2.86. The number of hydrogen-bond acceptors (Lipinski definition) is 6. The molecule has 0 aliphatic carbocycles. The zero-order chi connectivity index (χ0) is 18.1. The van der Waals surface area contributed by atoms with Crippen molar-refractivity contribution in [3.05, 3.63) is 59.7 Å². The van der Waals surface area contributed by atoms with Crippen molar-refractivity contribution in [2.75, 3.05) is 26.9 Å². The molecule has 0 aliphatic rings. The number of hydrogen-bond donors (Lipinski definition) is 0. The first kappa shape index (κ1) is 18.5. The molecule has 6 heteroatoms. The number of rotatable bonds is 8. The highest BCUT2D eigenvalue weighted by Gasteiger charge is 2.14. The molecule has 0 bridgehead atoms. The number of ether oxygens (including phenoxy) is 4. The van der Waals surface area contributed by atoms with Crippen LogP contribution in [0, 0.1) is 0 Å². The summed E-state index contributed by atoms with van der Waals surface area (Å²) < 4.78 is 20.6. The van der Waals surface area contributed by atoms with Gasteiger partial charge >= 0.3 is 11.9 Å². The molecule has 0 heterocycles. The number of para-hydroxylation sites is 1. The first-order valence-corrected chi connectivity index (χ1v) is 7.85. The molecule has 0 spiro atoms. The SMILES string of the molecule is CCOCCOC(=O)c1ccc(OC(=O)c2ccccc2OC)cc1. The van der Waals surface area contributed by atoms with Crippen molar-refractivity contribution in [3.63, 3.8) is 0 Å². The van der Waals surface area contributed by atoms with Crippen molar-refractivity contribution in [1.82, 2.24) is 0 Å². The number of benzene rings is 2. The van der Waals surface area contributed by atoms with Gasteiger partial charge in [0.15, 0.2) is 0 Å². The lowest BCUT2D eigenvalue weighted by atomic mass is 10.2. The van der Waals surface area contributed by atoms with Crippen LogP contribution < -0.4 is 9.47 Å². The lowest BCUT2D eigenvalue weighted by molar-refractivity contribution is 0.0335. The van der Waals surface area contributed by atoms with E-state index < -0.39 is 11.9 Å². The second-order valence-corrected chi connectivity index (χ2v) is 4.95. The minimum atomic E-state index is -0.538. The van der Waals surface area contributed by atoms with Crippen LogP contribution in [0.5, 0.6) is 11.5 Å². The molecular formula is C19H20O6. The van der Waals surface area contributed by atoms with Crippen molar-refractivity contribution in [3.8, 4) is 11.5 Å². The van der Waals surface area contributed by atoms with Gasteiger partial charge in [-0.25, -0.2) is 9.59 Å². The molecule has 0 N–H and O–H groups in total. The van der Waals surface area contributed by atoms with Crippen LogP contribution >= 0.6 is 0 Å². The third-order valence-corrected chi connectivity index (χ3v) is 3.29. The lowest BCUT2D eigenvalue weighted by Crippen LogP contribution is -2.12. The Morgan fingerprint density at radius 2 is 1.64 bits per heavy atom. The zero-order valence-electron chi connectivity index (χ0n) is 14.2. The van der Waals surface area contributed by atoms with Crippen LogP contribution in [0.25, 0.3) is 0 Å². The molecule has 0 aliphatic heterocycles. The van der Waals surface area contributed by atoms with Crippen LogP contribution in [0.15, 0.2) is 48.5 Å². The normalized spacial score (nSPS) is 10.2. The van der Waals surface area contributed by atoms with E-state index in [0.717, 1.165) is 0 Å². The van der Waals surface area contributed by atoms with E-state index in [0.29, 0.717) is 35.8 Å². The first-order valence-electron chi connectivity index (χ1n) is 7.85. The minimum absolute atomic E-state index is 0.192. The average molecular weight is 344 g/mol. The Kier molecular flexibility index (Phi) is 6.98. The predicted molar refractivity (Wildman–Crippen MR) is 91.2 cm³/mol. The van der Waals surface area contributed by atoms with Gasteiger partial charge in [0.2, 0.25) is 0 Å². The maximum absolute atomic E-state index is 12.2. The van der Waals surface area contributed by atoms with Crippen molar-refractivity contribution < 1.29 is 28.5 Å². The standard InChI is InChI=1S/C19H20O6/c1-3-23-12-13-24-18(20)14-8-10-15(11-9-14)25-19(21)16-6-4-5-7-17(16)22-2/h4-11H,3,12-13H2,1-2H3. The summed E-state index contributed by atoms with van der Waals surface area (Å²) >= 11 is 0. The Morgan fingerprint density at radius 1 is 0.920 bits per heavy atom. The Labute approximate surface area is 146 Å². The Bertz CT molecular complexity index is 708. The molecule has 0 radical (unpaired) electrons. The summed E-state index contributed by atoms with van der Waals surface area (Å²) in [6.07, 6.45) is 0. The van der Waals surface area contributed by atoms with E-state index in [2.05, 4.69) is 0 Å². The van der Waals surface area contributed by atoms with Crippen LogP contribution in [-0.2, 0) is 9.47 Å². The Morgan fingerprint density at radius 3 is 2.32 bits per heavy atom. The van der Waals surface area contributed by atoms with Gasteiger partial charge in [0.05, 0.1) is 19.3 Å². The monoisotopic (exact) mass is 344 g/mol. The molecule has 0 fully saturated rings. The van der Waals surface area contributed by atoms with Crippen LogP contribution in [0.2, 0.25) is 0 Å². The molecule has 0 atom stereocenters. The van der Waals surface area contributed by atoms with E-state index in [1.807, 2.05) is 6.92 Å². The van der Waals surface area contributed by atoms with Gasteiger partial charge in [-0.2, -0.15) is 0 Å². The summed E-state index contributed by atoms with van der Waals surface area (Å²) in [7, 11) is 1.48. The first-order chi connectivity index (χ1) is 12.2. The van der Waals surface area contributed by atoms with Gasteiger partial charge in [0, 0.05) is 6.61 Å². The molecule has 2 aromatic rings. The van der Waals surface area contributed by atoms with Gasteiger partial charge in [-0.05, 0) is 43.3 Å². The summed E-state index contributed by atoms with van der Waals surface area (Å²) in [6.45, 7) is 2.99. The van der Waals surface area contributed by atoms with E-state index in [9.17, 15) is 9.59 Å². The molecule has 0 saturated heterocycles. The van der Waals surface area contributed by atoms with E-state index in [1.54, 1.807) is 24.3 Å². The topological polar surface area (TPSA) is 71.1 Å². The zero-order valence-corrected chi connectivity index (χ0v) is 14.2. The highest BCUT2D eigenvalue weighted by Crippen LogP contribution is 2.20. The third-order valence-electron chi connectivity index (χ3n) is 3.29. The van der Waals surface area contributed by atoms with Gasteiger partial charge < -0.3 is 18.9 Å². The fraction of sp³-hybridized carbons (Fsp3) is 0.263. The molecule has 0 unspecified atom stereocenters. The number of esters is 2. The van der Waals surface area contributed by atoms with E-state index in [-0.39, 0.29) is 6.61 Å². The smallest absolute Gasteiger partial charge is 0.347 e. The predicted octanol–water partition coefficient (Wildman–Crippen LogP) is 3.11. The van der Waals surface area contributed by atoms with Crippen molar-refractivity contribution in [2.24, 2.45) is 0 Å². The second-order valence-electron chi connectivity index (χ2n) is 4.95. The summed E-state index contributed by atoms with van der Waals surface area (Å²) in [5, 5.41) is 0. The highest BCUT2D eigenvalue weighted by atomic mass is 16.6. The van der Waals surface area contributed by atoms with E-state index >= 15 is 0 Å². The molecule has 25 heavy (non-hydrogen) atoms. The fourth-order valence-corrected chi connectivity index (χ4v) is 2.06. The van der Waals surface area contributed by atoms with Gasteiger partial charge in [-0.3, -0.25) is 0 Å². The van der Waals surface area contributed by atoms with Crippen LogP contribution in [0.1, 0.15) is 27.6 Å².